The minimum Gasteiger partial charge on any atom is -0.277 e. The number of benzene rings is 22. The molecule has 0 aliphatic heterocycles. The molecule has 0 bridgehead atoms. The third kappa shape index (κ3) is 9.30. The highest BCUT2D eigenvalue weighted by molar-refractivity contribution is 6.39. The zero-order valence-electron chi connectivity index (χ0n) is 66.0. The fourth-order valence-corrected chi connectivity index (χ4v) is 21.8. The maximum atomic E-state index is 6.01. The van der Waals surface area contributed by atoms with Gasteiger partial charge in [-0.1, -0.05) is 341 Å². The molecule has 1 aliphatic carbocycles. The molecule has 0 fully saturated rings. The molecule has 0 saturated heterocycles. The van der Waals surface area contributed by atoms with Gasteiger partial charge in [-0.3, -0.25) is 9.13 Å². The number of fused-ring (bicyclic) bond motifs is 37. The minimum atomic E-state index is -0.398. The molecule has 1 aliphatic rings. The lowest BCUT2D eigenvalue weighted by Crippen LogP contribution is -2.18. The first-order chi connectivity index (χ1) is 59.8. The fourth-order valence-electron chi connectivity index (χ4n) is 21.8. The Hall–Kier alpha value is -15.8. The summed E-state index contributed by atoms with van der Waals surface area (Å²) in [5.74, 6) is 1.27. The van der Waals surface area contributed by atoms with E-state index in [1.165, 1.54) is 119 Å². The lowest BCUT2D eigenvalue weighted by Gasteiger charge is -2.24. The molecule has 0 amide bonds. The lowest BCUT2D eigenvalue weighted by atomic mass is 9.80. The number of hydrogen-bond donors (Lipinski definition) is 0. The number of rotatable bonds is 6. The van der Waals surface area contributed by atoms with Crippen molar-refractivity contribution < 1.29 is 0 Å². The van der Waals surface area contributed by atoms with E-state index in [-0.39, 0.29) is 0 Å². The normalized spacial score (nSPS) is 12.9. The summed E-state index contributed by atoms with van der Waals surface area (Å²) in [6, 6.07) is 140. The highest BCUT2D eigenvalue weighted by atomic mass is 15.2. The summed E-state index contributed by atoms with van der Waals surface area (Å²) in [7, 11) is 0. The van der Waals surface area contributed by atoms with Crippen molar-refractivity contribution in [1.29, 1.82) is 0 Å². The predicted octanol–water partition coefficient (Wildman–Crippen LogP) is 30.6. The Morgan fingerprint density at radius 3 is 1.16 bits per heavy atom. The van der Waals surface area contributed by atoms with E-state index in [4.69, 9.17) is 19.9 Å². The zero-order chi connectivity index (χ0) is 79.2. The van der Waals surface area contributed by atoms with Crippen molar-refractivity contribution in [2.75, 3.05) is 0 Å². The van der Waals surface area contributed by atoms with Gasteiger partial charge in [-0.15, -0.1) is 0 Å². The van der Waals surface area contributed by atoms with Crippen molar-refractivity contribution in [3.63, 3.8) is 0 Å². The molecular formula is C115H68N6. The first kappa shape index (κ1) is 66.4. The summed E-state index contributed by atoms with van der Waals surface area (Å²) in [5.41, 5.74) is 17.7. The highest BCUT2D eigenvalue weighted by Crippen LogP contribution is 2.54. The molecular weight excluding hydrogens is 1470 g/mol. The van der Waals surface area contributed by atoms with E-state index in [2.05, 4.69) is 399 Å². The number of hydrogen-bond acceptors (Lipinski definition) is 4. The Balaban J connectivity index is 0.623. The molecule has 4 heterocycles. The van der Waals surface area contributed by atoms with Crippen LogP contribution in [0.1, 0.15) is 25.0 Å². The maximum absolute atomic E-state index is 6.01. The Labute approximate surface area is 693 Å². The summed E-state index contributed by atoms with van der Waals surface area (Å²) in [5, 5.41) is 36.9. The van der Waals surface area contributed by atoms with Gasteiger partial charge < -0.3 is 0 Å². The van der Waals surface area contributed by atoms with E-state index in [1.54, 1.807) is 0 Å². The quantitative estimate of drug-likeness (QED) is 0.156. The second-order valence-electron chi connectivity index (χ2n) is 33.7. The standard InChI is InChI=1S/C115H68N6/c1-115(2)98-41-20-19-40-93(98)110-107(115)109(74-49-51-88-81-32-10-9-30-79(81)80-31-12-15-37-86(80)96(88)64-74)118-114(119-110)121-101-59-56-91-85-36-14-16-38-87(85)97-63-72(48-52-92(97)103(91)106(101)95-54-47-68-24-5-8-29-78(68)112(95)121)70-26-21-25-69(60-70)71-44-42-65-43-45-73(62-75(65)61-71)108-104-76-27-6-3-22-66(76)50-57-99(104)116-113(117-108)120-100-58-55-90-84-35-13-11-33-82(84)83-34-17-18-39-89(83)102(90)105(100)94-53-46-67-23-4-7-28-77(67)111(94)120/h3-64H,1-2H3. The van der Waals surface area contributed by atoms with Gasteiger partial charge in [0.25, 0.3) is 0 Å². The molecule has 6 heteroatoms. The average molecular weight is 1530 g/mol. The van der Waals surface area contributed by atoms with Crippen LogP contribution >= 0.6 is 0 Å². The van der Waals surface area contributed by atoms with Gasteiger partial charge in [-0.2, -0.15) is 0 Å². The maximum Gasteiger partial charge on any atom is 0.235 e. The average Bonchev–Trinajstić information content (AvgIpc) is 1.55. The van der Waals surface area contributed by atoms with Crippen LogP contribution in [0.25, 0.3) is 262 Å². The van der Waals surface area contributed by atoms with Gasteiger partial charge in [0.05, 0.1) is 44.7 Å². The van der Waals surface area contributed by atoms with Crippen molar-refractivity contribution in [1.82, 2.24) is 29.1 Å². The molecule has 558 valence electrons. The predicted molar refractivity (Wildman–Crippen MR) is 511 cm³/mol. The van der Waals surface area contributed by atoms with Crippen LogP contribution in [0.4, 0.5) is 0 Å². The van der Waals surface area contributed by atoms with Gasteiger partial charge in [-0.25, -0.2) is 19.9 Å². The third-order valence-electron chi connectivity index (χ3n) is 27.2. The molecule has 4 aromatic heterocycles. The van der Waals surface area contributed by atoms with Crippen LogP contribution < -0.4 is 0 Å². The zero-order valence-corrected chi connectivity index (χ0v) is 66.0. The molecule has 0 saturated carbocycles. The van der Waals surface area contributed by atoms with Gasteiger partial charge in [0, 0.05) is 76.1 Å². The molecule has 0 radical (unpaired) electrons. The van der Waals surface area contributed by atoms with Gasteiger partial charge in [0.1, 0.15) is 0 Å². The minimum absolute atomic E-state index is 0.398. The van der Waals surface area contributed by atoms with Crippen molar-refractivity contribution in [3.8, 4) is 67.9 Å². The molecule has 27 rings (SSSR count). The molecule has 26 aromatic rings. The third-order valence-corrected chi connectivity index (χ3v) is 27.2. The van der Waals surface area contributed by atoms with Crippen LogP contribution in [-0.4, -0.2) is 29.1 Å². The van der Waals surface area contributed by atoms with Crippen LogP contribution in [0.3, 0.4) is 0 Å². The van der Waals surface area contributed by atoms with Crippen LogP contribution in [0.15, 0.2) is 376 Å². The summed E-state index contributed by atoms with van der Waals surface area (Å²) < 4.78 is 4.76. The van der Waals surface area contributed by atoms with Crippen molar-refractivity contribution in [2.24, 2.45) is 0 Å². The topological polar surface area (TPSA) is 61.4 Å². The monoisotopic (exact) mass is 1530 g/mol. The van der Waals surface area contributed by atoms with E-state index in [0.717, 1.165) is 143 Å². The fraction of sp³-hybridized carbons (Fsp3) is 0.0261. The molecule has 0 spiro atoms. The largest absolute Gasteiger partial charge is 0.277 e. The first-order valence-corrected chi connectivity index (χ1v) is 41.9. The van der Waals surface area contributed by atoms with Gasteiger partial charge in [-0.05, 0) is 195 Å². The molecule has 0 N–H and O–H groups in total. The Morgan fingerprint density at radius 2 is 0.562 bits per heavy atom. The highest BCUT2D eigenvalue weighted by Gasteiger charge is 2.41. The van der Waals surface area contributed by atoms with Gasteiger partial charge in [0.2, 0.25) is 11.9 Å². The van der Waals surface area contributed by atoms with E-state index in [0.29, 0.717) is 11.9 Å². The summed E-state index contributed by atoms with van der Waals surface area (Å²) >= 11 is 0. The van der Waals surface area contributed by atoms with E-state index >= 15 is 0 Å². The van der Waals surface area contributed by atoms with Gasteiger partial charge in [0.15, 0.2) is 0 Å². The molecule has 121 heavy (non-hydrogen) atoms. The Bertz CT molecular complexity index is 9150. The second kappa shape index (κ2) is 24.7. The van der Waals surface area contributed by atoms with E-state index in [9.17, 15) is 0 Å². The van der Waals surface area contributed by atoms with E-state index < -0.39 is 5.41 Å². The van der Waals surface area contributed by atoms with Crippen LogP contribution in [0.5, 0.6) is 0 Å². The van der Waals surface area contributed by atoms with Crippen molar-refractivity contribution in [3.05, 3.63) is 387 Å². The molecule has 0 atom stereocenters. The van der Waals surface area contributed by atoms with Crippen LogP contribution in [0.2, 0.25) is 0 Å². The Morgan fingerprint density at radius 1 is 0.207 bits per heavy atom. The number of aromatic nitrogens is 6. The molecule has 22 aromatic carbocycles. The number of nitrogens with zero attached hydrogens (tertiary/aromatic N) is 6. The molecule has 6 nitrogen and oxygen atoms in total. The van der Waals surface area contributed by atoms with Crippen molar-refractivity contribution >= 4 is 195 Å². The summed E-state index contributed by atoms with van der Waals surface area (Å²) in [6.45, 7) is 4.70. The molecule has 0 unspecified atom stereocenters. The second-order valence-corrected chi connectivity index (χ2v) is 33.7. The van der Waals surface area contributed by atoms with Crippen LogP contribution in [-0.2, 0) is 5.41 Å². The van der Waals surface area contributed by atoms with Gasteiger partial charge >= 0.3 is 0 Å². The lowest BCUT2D eigenvalue weighted by molar-refractivity contribution is 0.657. The Kier molecular flexibility index (Phi) is 13.5. The summed E-state index contributed by atoms with van der Waals surface area (Å²) in [6.07, 6.45) is 0. The smallest absolute Gasteiger partial charge is 0.235 e. The SMILES string of the molecule is CC1(C)c2ccccc2-c2nc(-n3c4ccc5c6ccccc6c6cc(-c7cccc(-c8ccc9ccc(-c%10nc(-n%11c%12ccc%13c%14ccccc%14c%14ccccc%14c%13c%12c%12ccc%13ccccc%13c%12%11)nc%11ccc%12ccccc%12c%10%11)cc9c8)c7)ccc6c5c4c4ccc5ccccc5c43)nc(-c3ccc4c5ccccc5c5ccccc5c4c3)c21. The first-order valence-electron chi connectivity index (χ1n) is 41.9. The van der Waals surface area contributed by atoms with E-state index in [1.807, 2.05) is 0 Å². The van der Waals surface area contributed by atoms with Crippen molar-refractivity contribution in [2.45, 2.75) is 19.3 Å². The van der Waals surface area contributed by atoms with Crippen LogP contribution in [0, 0.1) is 0 Å². The summed E-state index contributed by atoms with van der Waals surface area (Å²) in [4.78, 5) is 23.5.